The molecule has 5 aromatic rings. The highest BCUT2D eigenvalue weighted by Crippen LogP contribution is 2.27. The van der Waals surface area contributed by atoms with E-state index in [2.05, 4.69) is 15.0 Å². The van der Waals surface area contributed by atoms with Gasteiger partial charge in [-0.2, -0.15) is 0 Å². The topological polar surface area (TPSA) is 88.2 Å². The van der Waals surface area contributed by atoms with Gasteiger partial charge in [-0.05, 0) is 59.7 Å². The van der Waals surface area contributed by atoms with Gasteiger partial charge < -0.3 is 5.32 Å². The number of nitrogens with zero attached hydrogens (tertiary/aromatic N) is 1. The minimum Gasteiger partial charge on any atom is -0.351 e. The molecule has 2 amide bonds. The molecule has 208 valence electrons. The average Bonchev–Trinajstić information content (AvgIpc) is 3.00. The number of pyridine rings is 1. The lowest BCUT2D eigenvalue weighted by Gasteiger charge is -2.18. The summed E-state index contributed by atoms with van der Waals surface area (Å²) in [6.07, 6.45) is 4.65. The average molecular weight is 564 g/mol. The predicted octanol–water partition coefficient (Wildman–Crippen LogP) is 6.61. The second-order valence-corrected chi connectivity index (χ2v) is 11.4. The van der Waals surface area contributed by atoms with Crippen molar-refractivity contribution in [2.24, 2.45) is 0 Å². The van der Waals surface area contributed by atoms with Crippen molar-refractivity contribution in [1.82, 2.24) is 15.0 Å². The fraction of sp³-hybridized carbons (Fsp3) is 0.206. The van der Waals surface area contributed by atoms with Gasteiger partial charge in [-0.3, -0.25) is 19.3 Å². The molecule has 2 atom stereocenters. The maximum atomic E-state index is 13.4. The second kappa shape index (κ2) is 13.3. The Bertz CT molecular complexity index is 1700. The number of nitrogens with one attached hydrogen (secondary N) is 2. The van der Waals surface area contributed by atoms with Crippen LogP contribution in [0.4, 0.5) is 0 Å². The molecule has 0 spiro atoms. The van der Waals surface area contributed by atoms with Crippen molar-refractivity contribution in [3.05, 3.63) is 120 Å². The van der Waals surface area contributed by atoms with E-state index in [9.17, 15) is 13.8 Å². The molecule has 1 heterocycles. The van der Waals surface area contributed by atoms with E-state index in [1.807, 2.05) is 91.9 Å². The van der Waals surface area contributed by atoms with E-state index in [1.165, 1.54) is 0 Å². The third-order valence-electron chi connectivity index (χ3n) is 7.26. The van der Waals surface area contributed by atoms with Gasteiger partial charge in [0.05, 0.1) is 10.8 Å². The van der Waals surface area contributed by atoms with Gasteiger partial charge in [-0.25, -0.2) is 4.21 Å². The quantitative estimate of drug-likeness (QED) is 0.177. The summed E-state index contributed by atoms with van der Waals surface area (Å²) in [6.45, 7) is 2.49. The van der Waals surface area contributed by atoms with Crippen LogP contribution in [0.25, 0.3) is 21.5 Å². The maximum Gasteiger partial charge on any atom is 0.270 e. The third kappa shape index (κ3) is 7.05. The molecule has 0 radical (unpaired) electrons. The van der Waals surface area contributed by atoms with Crippen molar-refractivity contribution < 1.29 is 13.8 Å². The number of carbonyl (C=O) groups excluding carboxylic acids is 2. The Labute approximate surface area is 242 Å². The first kappa shape index (κ1) is 28.2. The van der Waals surface area contributed by atoms with Gasteiger partial charge in [0.1, 0.15) is 5.69 Å². The van der Waals surface area contributed by atoms with Crippen LogP contribution in [-0.2, 0) is 15.8 Å². The summed E-state index contributed by atoms with van der Waals surface area (Å²) >= 11 is 0. The number of hydrogen-bond donors (Lipinski definition) is 2. The van der Waals surface area contributed by atoms with E-state index in [4.69, 9.17) is 0 Å². The summed E-state index contributed by atoms with van der Waals surface area (Å²) in [5.74, 6) is -0.883. The van der Waals surface area contributed by atoms with Crippen molar-refractivity contribution in [2.75, 3.05) is 6.54 Å². The molecule has 2 unspecified atom stereocenters. The zero-order valence-corrected chi connectivity index (χ0v) is 23.8. The van der Waals surface area contributed by atoms with Crippen molar-refractivity contribution in [1.29, 1.82) is 0 Å². The fourth-order valence-corrected chi connectivity index (χ4v) is 5.82. The lowest BCUT2D eigenvalue weighted by atomic mass is 9.91. The maximum absolute atomic E-state index is 13.4. The summed E-state index contributed by atoms with van der Waals surface area (Å²) in [4.78, 5) is 31.1. The molecular formula is C34H33N3O3S. The lowest BCUT2D eigenvalue weighted by Crippen LogP contribution is -2.31. The molecule has 0 fully saturated rings. The number of aryl methyl sites for hydroxylation is 1. The zero-order valence-electron chi connectivity index (χ0n) is 23.0. The van der Waals surface area contributed by atoms with E-state index in [0.29, 0.717) is 23.6 Å². The molecule has 4 aromatic carbocycles. The molecule has 41 heavy (non-hydrogen) atoms. The minimum absolute atomic E-state index is 0.186. The van der Waals surface area contributed by atoms with Gasteiger partial charge in [-0.15, -0.1) is 0 Å². The molecule has 0 aliphatic carbocycles. The van der Waals surface area contributed by atoms with E-state index in [1.54, 1.807) is 18.3 Å². The molecule has 0 bridgehead atoms. The van der Waals surface area contributed by atoms with Gasteiger partial charge in [0, 0.05) is 18.1 Å². The SMILES string of the molecule is Cc1ccc(S(=O)NC(=O)C(CCCCCNC(=O)c2nccc3ccccc23)c2ccc3ccccc3c2)cc1. The van der Waals surface area contributed by atoms with E-state index < -0.39 is 16.9 Å². The van der Waals surface area contributed by atoms with Crippen LogP contribution < -0.4 is 10.0 Å². The van der Waals surface area contributed by atoms with Crippen molar-refractivity contribution >= 4 is 44.3 Å². The molecule has 1 aromatic heterocycles. The Morgan fingerprint density at radius 2 is 1.54 bits per heavy atom. The number of carbonyl (C=O) groups is 2. The van der Waals surface area contributed by atoms with Crippen LogP contribution in [0, 0.1) is 6.92 Å². The van der Waals surface area contributed by atoms with E-state index in [0.717, 1.165) is 51.9 Å². The van der Waals surface area contributed by atoms with E-state index in [-0.39, 0.29) is 11.8 Å². The van der Waals surface area contributed by atoms with Crippen LogP contribution in [0.15, 0.2) is 108 Å². The molecule has 7 heteroatoms. The number of rotatable bonds is 11. The molecule has 0 aliphatic rings. The summed E-state index contributed by atoms with van der Waals surface area (Å²) in [5, 5.41) is 6.96. The van der Waals surface area contributed by atoms with Gasteiger partial charge in [0.2, 0.25) is 5.91 Å². The number of fused-ring (bicyclic) bond motifs is 2. The summed E-state index contributed by atoms with van der Waals surface area (Å²) < 4.78 is 15.7. The monoisotopic (exact) mass is 563 g/mol. The Kier molecular flexibility index (Phi) is 9.16. The first-order valence-corrected chi connectivity index (χ1v) is 15.0. The van der Waals surface area contributed by atoms with Crippen LogP contribution in [0.3, 0.4) is 0 Å². The number of aromatic nitrogens is 1. The minimum atomic E-state index is -1.64. The van der Waals surface area contributed by atoms with Gasteiger partial charge in [0.15, 0.2) is 11.0 Å². The molecular weight excluding hydrogens is 530 g/mol. The number of unbranched alkanes of at least 4 members (excludes halogenated alkanes) is 2. The van der Waals surface area contributed by atoms with Crippen LogP contribution >= 0.6 is 0 Å². The zero-order chi connectivity index (χ0) is 28.6. The molecule has 6 nitrogen and oxygen atoms in total. The van der Waals surface area contributed by atoms with Crippen molar-refractivity contribution in [3.63, 3.8) is 0 Å². The van der Waals surface area contributed by atoms with Gasteiger partial charge in [0.25, 0.3) is 5.91 Å². The molecule has 2 N–H and O–H groups in total. The third-order valence-corrected chi connectivity index (χ3v) is 8.35. The number of benzene rings is 4. The highest BCUT2D eigenvalue weighted by molar-refractivity contribution is 7.83. The normalized spacial score (nSPS) is 12.6. The Morgan fingerprint density at radius 1 is 0.805 bits per heavy atom. The van der Waals surface area contributed by atoms with Gasteiger partial charge in [-0.1, -0.05) is 97.3 Å². The van der Waals surface area contributed by atoms with Crippen molar-refractivity contribution in [2.45, 2.75) is 43.4 Å². The molecule has 0 saturated heterocycles. The standard InChI is InChI=1S/C34H33N3O3S/c1-24-14-18-29(19-15-24)41(40)37-33(38)31(28-17-16-25-9-4-5-11-27(25)23-28)13-3-2-8-21-36-34(39)32-30-12-7-6-10-26(30)20-22-35-32/h4-7,9-12,14-20,22-23,31H,2-3,8,13,21H2,1H3,(H,36,39)(H,37,38). The first-order chi connectivity index (χ1) is 20.0. The van der Waals surface area contributed by atoms with Crippen LogP contribution in [0.5, 0.6) is 0 Å². The van der Waals surface area contributed by atoms with Crippen molar-refractivity contribution in [3.8, 4) is 0 Å². The number of amides is 2. The first-order valence-electron chi connectivity index (χ1n) is 13.9. The predicted molar refractivity (Wildman–Crippen MR) is 165 cm³/mol. The van der Waals surface area contributed by atoms with Crippen LogP contribution in [0.2, 0.25) is 0 Å². The molecule has 0 aliphatic heterocycles. The summed E-state index contributed by atoms with van der Waals surface area (Å²) in [7, 11) is -1.64. The molecule has 0 saturated carbocycles. The highest BCUT2D eigenvalue weighted by atomic mass is 32.2. The summed E-state index contributed by atoms with van der Waals surface area (Å²) in [5.41, 5.74) is 2.39. The second-order valence-electron chi connectivity index (χ2n) is 10.2. The Balaban J connectivity index is 1.20. The molecule has 5 rings (SSSR count). The van der Waals surface area contributed by atoms with Crippen LogP contribution in [0.1, 0.15) is 53.2 Å². The van der Waals surface area contributed by atoms with Crippen LogP contribution in [-0.4, -0.2) is 27.6 Å². The Hall–Kier alpha value is -4.36. The Morgan fingerprint density at radius 3 is 2.34 bits per heavy atom. The fourth-order valence-electron chi connectivity index (χ4n) is 4.99. The highest BCUT2D eigenvalue weighted by Gasteiger charge is 2.23. The van der Waals surface area contributed by atoms with E-state index >= 15 is 0 Å². The smallest absolute Gasteiger partial charge is 0.270 e. The van der Waals surface area contributed by atoms with Gasteiger partial charge >= 0.3 is 0 Å². The number of hydrogen-bond acceptors (Lipinski definition) is 4. The largest absolute Gasteiger partial charge is 0.351 e. The summed E-state index contributed by atoms with van der Waals surface area (Å²) in [6, 6.07) is 31.0. The lowest BCUT2D eigenvalue weighted by molar-refractivity contribution is -0.120.